The van der Waals surface area contributed by atoms with Gasteiger partial charge in [0.1, 0.15) is 5.82 Å². The predicted molar refractivity (Wildman–Crippen MR) is 68.7 cm³/mol. The minimum absolute atomic E-state index is 0.0242. The molecule has 0 aliphatic heterocycles. The summed E-state index contributed by atoms with van der Waals surface area (Å²) in [4.78, 5) is 30.7. The third-order valence-electron chi connectivity index (χ3n) is 2.96. The summed E-state index contributed by atoms with van der Waals surface area (Å²) in [6.45, 7) is 0. The van der Waals surface area contributed by atoms with Crippen molar-refractivity contribution < 1.29 is 14.7 Å². The number of carbonyl (C=O) groups is 2. The van der Waals surface area contributed by atoms with E-state index in [9.17, 15) is 9.59 Å². The zero-order valence-electron chi connectivity index (χ0n) is 9.91. The van der Waals surface area contributed by atoms with E-state index >= 15 is 0 Å². The molecule has 0 bridgehead atoms. The molecule has 2 atom stereocenters. The van der Waals surface area contributed by atoms with Gasteiger partial charge in [-0.05, 0) is 30.5 Å². The van der Waals surface area contributed by atoms with E-state index in [0.29, 0.717) is 12.8 Å². The van der Waals surface area contributed by atoms with Gasteiger partial charge in [-0.1, -0.05) is 12.2 Å². The number of hydrogen-bond acceptors (Lipinski definition) is 4. The van der Waals surface area contributed by atoms with Crippen molar-refractivity contribution >= 4 is 29.3 Å². The number of allylic oxidation sites excluding steroid dienone is 2. The molecule has 0 unspecified atom stereocenters. The Morgan fingerprint density at radius 1 is 1.32 bits per heavy atom. The number of carbonyl (C=O) groups excluding carboxylic acids is 1. The van der Waals surface area contributed by atoms with Gasteiger partial charge in [-0.25, -0.2) is 9.97 Å². The summed E-state index contributed by atoms with van der Waals surface area (Å²) in [5.74, 6) is -2.38. The summed E-state index contributed by atoms with van der Waals surface area (Å²) in [5, 5.41) is 11.7. The van der Waals surface area contributed by atoms with Gasteiger partial charge in [0.05, 0.1) is 11.8 Å². The first kappa shape index (κ1) is 13.5. The van der Waals surface area contributed by atoms with Crippen LogP contribution < -0.4 is 5.32 Å². The SMILES string of the molecule is O=C(O)[C@H]1CC=CC[C@H]1C(=O)Nc1ccnc(Cl)n1. The quantitative estimate of drug-likeness (QED) is 0.650. The lowest BCUT2D eigenvalue weighted by Gasteiger charge is -2.23. The summed E-state index contributed by atoms with van der Waals surface area (Å²) in [6.07, 6.45) is 5.78. The van der Waals surface area contributed by atoms with Crippen LogP contribution >= 0.6 is 11.6 Å². The van der Waals surface area contributed by atoms with E-state index in [1.54, 1.807) is 6.08 Å². The van der Waals surface area contributed by atoms with E-state index in [0.717, 1.165) is 0 Å². The highest BCUT2D eigenvalue weighted by Gasteiger charge is 2.34. The van der Waals surface area contributed by atoms with E-state index in [1.807, 2.05) is 6.08 Å². The van der Waals surface area contributed by atoms with Gasteiger partial charge in [0.25, 0.3) is 0 Å². The predicted octanol–water partition coefficient (Wildman–Crippen LogP) is 1.74. The van der Waals surface area contributed by atoms with Crippen LogP contribution in [-0.4, -0.2) is 27.0 Å². The van der Waals surface area contributed by atoms with Crippen molar-refractivity contribution in [3.8, 4) is 0 Å². The fraction of sp³-hybridized carbons (Fsp3) is 0.333. The number of nitrogens with one attached hydrogen (secondary N) is 1. The van der Waals surface area contributed by atoms with E-state index < -0.39 is 17.8 Å². The van der Waals surface area contributed by atoms with Crippen molar-refractivity contribution in [2.24, 2.45) is 11.8 Å². The Labute approximate surface area is 114 Å². The molecular formula is C12H12ClN3O3. The van der Waals surface area contributed by atoms with Crippen LogP contribution in [0, 0.1) is 11.8 Å². The fourth-order valence-electron chi connectivity index (χ4n) is 2.00. The lowest BCUT2D eigenvalue weighted by molar-refractivity contribution is -0.146. The molecule has 0 saturated carbocycles. The number of halogens is 1. The first-order valence-electron chi connectivity index (χ1n) is 5.75. The first-order chi connectivity index (χ1) is 9.08. The number of aliphatic carboxylic acids is 1. The molecule has 0 saturated heterocycles. The molecule has 2 rings (SSSR count). The third-order valence-corrected chi connectivity index (χ3v) is 3.15. The second-order valence-electron chi connectivity index (χ2n) is 4.19. The number of aromatic nitrogens is 2. The highest BCUT2D eigenvalue weighted by Crippen LogP contribution is 2.27. The summed E-state index contributed by atoms with van der Waals surface area (Å²) in [6, 6.07) is 1.50. The standard InChI is InChI=1S/C12H12ClN3O3/c13-12-14-6-5-9(16-12)15-10(17)7-3-1-2-4-8(7)11(18)19/h1-2,5-8H,3-4H2,(H,18,19)(H,14,15,16,17)/t7-,8+/m1/s1. The number of anilines is 1. The Kier molecular flexibility index (Phi) is 4.11. The van der Waals surface area contributed by atoms with Crippen LogP contribution in [0.15, 0.2) is 24.4 Å². The Bertz CT molecular complexity index is 533. The monoisotopic (exact) mass is 281 g/mol. The van der Waals surface area contributed by atoms with Gasteiger partial charge < -0.3 is 10.4 Å². The van der Waals surface area contributed by atoms with E-state index in [1.165, 1.54) is 12.3 Å². The molecular weight excluding hydrogens is 270 g/mol. The van der Waals surface area contributed by atoms with Crippen LogP contribution in [0.2, 0.25) is 5.28 Å². The molecule has 0 radical (unpaired) electrons. The number of carboxylic acids is 1. The van der Waals surface area contributed by atoms with Gasteiger partial charge >= 0.3 is 5.97 Å². The maximum Gasteiger partial charge on any atom is 0.307 e. The molecule has 19 heavy (non-hydrogen) atoms. The van der Waals surface area contributed by atoms with E-state index in [4.69, 9.17) is 16.7 Å². The average Bonchev–Trinajstić information content (AvgIpc) is 2.38. The average molecular weight is 282 g/mol. The zero-order valence-corrected chi connectivity index (χ0v) is 10.7. The van der Waals surface area contributed by atoms with Gasteiger partial charge in [-0.15, -0.1) is 0 Å². The van der Waals surface area contributed by atoms with E-state index in [2.05, 4.69) is 15.3 Å². The Hall–Kier alpha value is -1.95. The summed E-state index contributed by atoms with van der Waals surface area (Å²) < 4.78 is 0. The highest BCUT2D eigenvalue weighted by atomic mass is 35.5. The normalized spacial score (nSPS) is 21.9. The molecule has 0 aromatic carbocycles. The number of rotatable bonds is 3. The van der Waals surface area contributed by atoms with Gasteiger partial charge in [0, 0.05) is 6.20 Å². The molecule has 1 heterocycles. The van der Waals surface area contributed by atoms with Crippen molar-refractivity contribution in [3.05, 3.63) is 29.7 Å². The Morgan fingerprint density at radius 2 is 2.00 bits per heavy atom. The van der Waals surface area contributed by atoms with Crippen LogP contribution in [0.1, 0.15) is 12.8 Å². The van der Waals surface area contributed by atoms with Crippen molar-refractivity contribution in [1.82, 2.24) is 9.97 Å². The van der Waals surface area contributed by atoms with Crippen LogP contribution in [-0.2, 0) is 9.59 Å². The van der Waals surface area contributed by atoms with Crippen LogP contribution in [0.3, 0.4) is 0 Å². The van der Waals surface area contributed by atoms with Crippen molar-refractivity contribution in [1.29, 1.82) is 0 Å². The van der Waals surface area contributed by atoms with Crippen LogP contribution in [0.4, 0.5) is 5.82 Å². The maximum atomic E-state index is 12.1. The van der Waals surface area contributed by atoms with Gasteiger partial charge in [-0.2, -0.15) is 0 Å². The molecule has 1 aromatic rings. The van der Waals surface area contributed by atoms with Crippen LogP contribution in [0.5, 0.6) is 0 Å². The molecule has 6 nitrogen and oxygen atoms in total. The second kappa shape index (κ2) is 5.79. The van der Waals surface area contributed by atoms with E-state index in [-0.39, 0.29) is 17.0 Å². The Balaban J connectivity index is 2.10. The topological polar surface area (TPSA) is 92.2 Å². The zero-order chi connectivity index (χ0) is 13.8. The minimum atomic E-state index is -0.967. The number of carboxylic acid groups (broad SMARTS) is 1. The fourth-order valence-corrected chi connectivity index (χ4v) is 2.15. The molecule has 1 aliphatic rings. The molecule has 7 heteroatoms. The summed E-state index contributed by atoms with van der Waals surface area (Å²) in [5.41, 5.74) is 0. The molecule has 100 valence electrons. The number of amides is 1. The minimum Gasteiger partial charge on any atom is -0.481 e. The van der Waals surface area contributed by atoms with Gasteiger partial charge in [0.2, 0.25) is 11.2 Å². The van der Waals surface area contributed by atoms with Crippen LogP contribution in [0.25, 0.3) is 0 Å². The third kappa shape index (κ3) is 3.29. The lowest BCUT2D eigenvalue weighted by atomic mass is 9.82. The Morgan fingerprint density at radius 3 is 2.63 bits per heavy atom. The largest absolute Gasteiger partial charge is 0.481 e. The molecule has 1 aromatic heterocycles. The molecule has 1 aliphatic carbocycles. The molecule has 2 N–H and O–H groups in total. The number of nitrogens with zero attached hydrogens (tertiary/aromatic N) is 2. The van der Waals surface area contributed by atoms with Crippen molar-refractivity contribution in [3.63, 3.8) is 0 Å². The van der Waals surface area contributed by atoms with Crippen molar-refractivity contribution in [2.45, 2.75) is 12.8 Å². The second-order valence-corrected chi connectivity index (χ2v) is 4.53. The lowest BCUT2D eigenvalue weighted by Crippen LogP contribution is -2.34. The van der Waals surface area contributed by atoms with Crippen molar-refractivity contribution in [2.75, 3.05) is 5.32 Å². The molecule has 0 spiro atoms. The van der Waals surface area contributed by atoms with Gasteiger partial charge in [0.15, 0.2) is 0 Å². The summed E-state index contributed by atoms with van der Waals surface area (Å²) in [7, 11) is 0. The number of hydrogen-bond donors (Lipinski definition) is 2. The summed E-state index contributed by atoms with van der Waals surface area (Å²) >= 11 is 5.61. The maximum absolute atomic E-state index is 12.1. The molecule has 1 amide bonds. The smallest absolute Gasteiger partial charge is 0.307 e. The first-order valence-corrected chi connectivity index (χ1v) is 6.13. The highest BCUT2D eigenvalue weighted by molar-refractivity contribution is 6.28. The van der Waals surface area contributed by atoms with Gasteiger partial charge in [-0.3, -0.25) is 9.59 Å². The molecule has 0 fully saturated rings.